The largest absolute Gasteiger partial charge is 0.441 e. The predicted molar refractivity (Wildman–Crippen MR) is 302 cm³/mol. The summed E-state index contributed by atoms with van der Waals surface area (Å²) in [5, 5.41) is 6.31. The van der Waals surface area contributed by atoms with Crippen molar-refractivity contribution in [3.63, 3.8) is 0 Å². The van der Waals surface area contributed by atoms with Gasteiger partial charge in [0, 0.05) is 69.7 Å². The number of para-hydroxylation sites is 2. The van der Waals surface area contributed by atoms with Gasteiger partial charge in [0.25, 0.3) is 0 Å². The number of aromatic nitrogens is 4. The van der Waals surface area contributed by atoms with Crippen molar-refractivity contribution < 1.29 is 9.47 Å². The van der Waals surface area contributed by atoms with Crippen molar-refractivity contribution in [1.82, 2.24) is 19.1 Å². The molecule has 0 N–H and O–H groups in total. The van der Waals surface area contributed by atoms with Gasteiger partial charge in [0.05, 0.1) is 31.8 Å². The Balaban J connectivity index is 1.04. The second-order valence-electron chi connectivity index (χ2n) is 21.0. The van der Waals surface area contributed by atoms with Gasteiger partial charge < -0.3 is 18.6 Å². The molecule has 15 rings (SSSR count). The monoisotopic (exact) mass is 960 g/mol. The minimum atomic E-state index is -0.173. The van der Waals surface area contributed by atoms with Crippen molar-refractivity contribution >= 4 is 76.8 Å². The Labute approximate surface area is 426 Å². The van der Waals surface area contributed by atoms with Crippen molar-refractivity contribution in [3.05, 3.63) is 204 Å². The van der Waals surface area contributed by atoms with E-state index in [0.29, 0.717) is 0 Å². The molecule has 0 spiro atoms. The lowest BCUT2D eigenvalue weighted by Gasteiger charge is -2.21. The first kappa shape index (κ1) is 42.2. The first-order valence-corrected chi connectivity index (χ1v) is 25.9. The molecule has 4 aromatic heterocycles. The van der Waals surface area contributed by atoms with Gasteiger partial charge in [-0.05, 0) is 104 Å². The molecule has 2 aliphatic carbocycles. The van der Waals surface area contributed by atoms with Crippen LogP contribution in [0.1, 0.15) is 49.9 Å². The molecule has 0 fully saturated rings. The van der Waals surface area contributed by atoms with Crippen LogP contribution in [-0.4, -0.2) is 19.1 Å². The van der Waals surface area contributed by atoms with Crippen molar-refractivity contribution in [2.24, 2.45) is 14.1 Å². The van der Waals surface area contributed by atoms with E-state index in [2.05, 4.69) is 233 Å². The summed E-state index contributed by atoms with van der Waals surface area (Å²) in [4.78, 5) is 14.1. The summed E-state index contributed by atoms with van der Waals surface area (Å²) in [5.41, 5.74) is 18.0. The molecule has 6 nitrogen and oxygen atoms in total. The van der Waals surface area contributed by atoms with Gasteiger partial charge in [-0.3, -0.25) is 0 Å². The van der Waals surface area contributed by atoms with Gasteiger partial charge in [0.15, 0.2) is 0 Å². The first-order valence-electron chi connectivity index (χ1n) is 25.1. The van der Waals surface area contributed by atoms with Crippen LogP contribution in [0, 0.1) is 0 Å². The fourth-order valence-corrected chi connectivity index (χ4v) is 13.8. The molecule has 0 saturated heterocycles. The maximum atomic E-state index is 6.81. The summed E-state index contributed by atoms with van der Waals surface area (Å²) < 4.78 is 17.8. The van der Waals surface area contributed by atoms with Crippen molar-refractivity contribution in [3.8, 4) is 66.4 Å². The van der Waals surface area contributed by atoms with E-state index >= 15 is 0 Å². The number of fused-ring (bicyclic) bond motifs is 15. The number of benzene rings is 9. The van der Waals surface area contributed by atoms with Crippen molar-refractivity contribution in [1.29, 1.82) is 0 Å². The summed E-state index contributed by atoms with van der Waals surface area (Å²) in [6.07, 6.45) is 0. The van der Waals surface area contributed by atoms with E-state index in [0.717, 1.165) is 98.4 Å². The molecule has 0 bridgehead atoms. The molecular formula is C66H48N4O2S. The van der Waals surface area contributed by atoms with E-state index < -0.39 is 0 Å². The number of nitrogens with zero attached hydrogens (tertiary/aromatic N) is 4. The van der Waals surface area contributed by atoms with Gasteiger partial charge >= 0.3 is 0 Å². The number of hydrogen-bond acceptors (Lipinski definition) is 5. The Kier molecular flexibility index (Phi) is 8.68. The van der Waals surface area contributed by atoms with E-state index in [1.807, 2.05) is 11.3 Å². The lowest BCUT2D eigenvalue weighted by Crippen LogP contribution is -2.14. The highest BCUT2D eigenvalue weighted by atomic mass is 32.1. The lowest BCUT2D eigenvalue weighted by atomic mass is 9.82. The van der Waals surface area contributed by atoms with Crippen LogP contribution < -0.4 is 9.47 Å². The highest BCUT2D eigenvalue weighted by molar-refractivity contribution is 7.21. The molecule has 13 aromatic rings. The van der Waals surface area contributed by atoms with Gasteiger partial charge in [0.2, 0.25) is 11.8 Å². The molecule has 4 heterocycles. The highest BCUT2D eigenvalue weighted by Gasteiger charge is 2.39. The minimum absolute atomic E-state index is 0.173. The third-order valence-corrected chi connectivity index (χ3v) is 17.5. The molecule has 7 heteroatoms. The van der Waals surface area contributed by atoms with E-state index in [9.17, 15) is 0 Å². The standard InChI is InChI=1S/C66H48N4O2S/c1-65(2)49-23-11-9-19-43(49)57-45(21-15-25-51(57)65)63-61-62(64(73-63)46-22-16-26-52-58(46)44-20-10-12-24-50(44)66(52,3)4)68-60-48-36-40(72-56-34-38-18-8-14-28-54(38)70(56)6)30-32-42(48)41-31-29-39(35-47(41)59(60)67-61)71-55-33-37-17-7-13-27-53(37)69(55)5/h7-36H,1-6H3. The number of ether oxygens (including phenoxy) is 2. The summed E-state index contributed by atoms with van der Waals surface area (Å²) in [5.74, 6) is 2.98. The average Bonchev–Trinajstić information content (AvgIpc) is 4.17. The maximum Gasteiger partial charge on any atom is 0.200 e. The van der Waals surface area contributed by atoms with E-state index in [1.54, 1.807) is 0 Å². The molecule has 0 aliphatic heterocycles. The zero-order chi connectivity index (χ0) is 49.1. The molecule has 350 valence electrons. The molecule has 73 heavy (non-hydrogen) atoms. The molecule has 0 saturated carbocycles. The number of thiophene rings is 1. The Bertz CT molecular complexity index is 4260. The number of hydrogen-bond donors (Lipinski definition) is 0. The fraction of sp³-hybridized carbons (Fsp3) is 0.121. The summed E-state index contributed by atoms with van der Waals surface area (Å²) in [7, 11) is 4.11. The van der Waals surface area contributed by atoms with Crippen LogP contribution in [-0.2, 0) is 24.9 Å². The molecule has 2 aliphatic rings. The summed E-state index contributed by atoms with van der Waals surface area (Å²) in [6.45, 7) is 9.41. The second-order valence-corrected chi connectivity index (χ2v) is 22.0. The minimum Gasteiger partial charge on any atom is -0.441 e. The fourth-order valence-electron chi connectivity index (χ4n) is 12.6. The Morgan fingerprint density at radius 1 is 0.384 bits per heavy atom. The normalized spacial score (nSPS) is 14.1. The smallest absolute Gasteiger partial charge is 0.200 e. The van der Waals surface area contributed by atoms with Crippen molar-refractivity contribution in [2.45, 2.75) is 38.5 Å². The van der Waals surface area contributed by atoms with Gasteiger partial charge in [-0.2, -0.15) is 0 Å². The molecule has 0 atom stereocenters. The second kappa shape index (κ2) is 15.0. The average molecular weight is 961 g/mol. The Hall–Kier alpha value is -8.52. The van der Waals surface area contributed by atoms with Gasteiger partial charge in [-0.25, -0.2) is 9.97 Å². The van der Waals surface area contributed by atoms with Crippen LogP contribution in [0.15, 0.2) is 182 Å². The highest BCUT2D eigenvalue weighted by Crippen LogP contribution is 2.58. The van der Waals surface area contributed by atoms with Gasteiger partial charge in [-0.15, -0.1) is 11.3 Å². The maximum absolute atomic E-state index is 6.81. The van der Waals surface area contributed by atoms with Gasteiger partial charge in [-0.1, -0.05) is 149 Å². The van der Waals surface area contributed by atoms with Crippen molar-refractivity contribution in [2.75, 3.05) is 0 Å². The lowest BCUT2D eigenvalue weighted by molar-refractivity contribution is 0.446. The molecule has 0 radical (unpaired) electrons. The van der Waals surface area contributed by atoms with E-state index in [4.69, 9.17) is 19.4 Å². The molecule has 0 unspecified atom stereocenters. The zero-order valence-electron chi connectivity index (χ0n) is 41.3. The molecule has 9 aromatic carbocycles. The quantitative estimate of drug-likeness (QED) is 0.156. The van der Waals surface area contributed by atoms with Crippen LogP contribution >= 0.6 is 11.3 Å². The molecule has 0 amide bonds. The predicted octanol–water partition coefficient (Wildman–Crippen LogP) is 17.7. The van der Waals surface area contributed by atoms with Crippen LogP contribution in [0.5, 0.6) is 23.3 Å². The van der Waals surface area contributed by atoms with Crippen LogP contribution in [0.3, 0.4) is 0 Å². The van der Waals surface area contributed by atoms with E-state index in [-0.39, 0.29) is 10.8 Å². The van der Waals surface area contributed by atoms with Gasteiger partial charge in [0.1, 0.15) is 22.5 Å². The van der Waals surface area contributed by atoms with E-state index in [1.165, 1.54) is 55.6 Å². The topological polar surface area (TPSA) is 54.1 Å². The number of aryl methyl sites for hydroxylation is 2. The number of rotatable bonds is 6. The third kappa shape index (κ3) is 5.91. The zero-order valence-corrected chi connectivity index (χ0v) is 42.2. The Morgan fingerprint density at radius 3 is 1.23 bits per heavy atom. The third-order valence-electron chi connectivity index (χ3n) is 16.3. The summed E-state index contributed by atoms with van der Waals surface area (Å²) in [6, 6.07) is 65.4. The first-order chi connectivity index (χ1) is 35.5. The van der Waals surface area contributed by atoms with Crippen LogP contribution in [0.25, 0.3) is 109 Å². The Morgan fingerprint density at radius 2 is 0.781 bits per heavy atom. The molecular weight excluding hydrogens is 913 g/mol. The van der Waals surface area contributed by atoms with Crippen LogP contribution in [0.4, 0.5) is 0 Å². The SMILES string of the molecule is Cn1c(Oc2ccc3c4ccc(Oc5cc6ccccc6n5C)cc4c4nc5c(-c6cccc7c6-c6ccccc6C7(C)C)sc(-c6cccc7c6-c6ccccc6C7(C)C)c5nc4c3c2)cc2ccccc21. The summed E-state index contributed by atoms with van der Waals surface area (Å²) >= 11 is 1.82. The van der Waals surface area contributed by atoms with Crippen LogP contribution in [0.2, 0.25) is 0 Å².